The molecule has 0 spiro atoms. The van der Waals surface area contributed by atoms with E-state index in [9.17, 15) is 19.7 Å². The van der Waals surface area contributed by atoms with E-state index in [-0.39, 0.29) is 23.4 Å². The van der Waals surface area contributed by atoms with Crippen molar-refractivity contribution in [2.45, 2.75) is 26.7 Å². The Morgan fingerprint density at radius 1 is 1.38 bits per heavy atom. The number of nitrogens with zero attached hydrogens (tertiary/aromatic N) is 1. The zero-order valence-electron chi connectivity index (χ0n) is 11.9. The molecular weight excluding hydrogens is 274 g/mol. The van der Waals surface area contributed by atoms with Gasteiger partial charge >= 0.3 is 0 Å². The molecule has 0 saturated carbocycles. The highest BCUT2D eigenvalue weighted by Crippen LogP contribution is 2.26. The maximum absolute atomic E-state index is 12.2. The second-order valence-corrected chi connectivity index (χ2v) is 5.24. The number of nitro benzene ring substituents is 1. The van der Waals surface area contributed by atoms with Crippen molar-refractivity contribution in [3.05, 3.63) is 33.4 Å². The van der Waals surface area contributed by atoms with Crippen molar-refractivity contribution in [1.29, 1.82) is 0 Å². The normalized spacial score (nSPS) is 18.0. The average Bonchev–Trinajstić information content (AvgIpc) is 2.42. The highest BCUT2D eigenvalue weighted by molar-refractivity contribution is 5.95. The number of benzene rings is 1. The number of aryl methyl sites for hydroxylation is 2. The molecule has 1 fully saturated rings. The molecule has 0 radical (unpaired) electrons. The number of nitrogens with one attached hydrogen (secondary N) is 2. The molecule has 0 bridgehead atoms. The summed E-state index contributed by atoms with van der Waals surface area (Å²) in [5.74, 6) is -0.481. The van der Waals surface area contributed by atoms with E-state index >= 15 is 0 Å². The first-order chi connectivity index (χ1) is 9.88. The van der Waals surface area contributed by atoms with Crippen LogP contribution in [-0.4, -0.2) is 23.3 Å². The lowest BCUT2D eigenvalue weighted by atomic mass is 9.98. The first kappa shape index (κ1) is 15.0. The van der Waals surface area contributed by atoms with Gasteiger partial charge in [-0.3, -0.25) is 19.7 Å². The highest BCUT2D eigenvalue weighted by Gasteiger charge is 2.25. The Balaban J connectivity index is 2.12. The lowest BCUT2D eigenvalue weighted by Crippen LogP contribution is -2.40. The van der Waals surface area contributed by atoms with Crippen LogP contribution in [0.15, 0.2) is 12.1 Å². The maximum atomic E-state index is 12.2. The van der Waals surface area contributed by atoms with Crippen molar-refractivity contribution in [1.82, 2.24) is 5.32 Å². The smallest absolute Gasteiger partial charge is 0.272 e. The van der Waals surface area contributed by atoms with Gasteiger partial charge < -0.3 is 10.6 Å². The monoisotopic (exact) mass is 291 g/mol. The third-order valence-electron chi connectivity index (χ3n) is 3.63. The second kappa shape index (κ2) is 5.90. The van der Waals surface area contributed by atoms with Gasteiger partial charge in [0.2, 0.25) is 11.8 Å². The van der Waals surface area contributed by atoms with E-state index in [2.05, 4.69) is 10.6 Å². The first-order valence-electron chi connectivity index (χ1n) is 6.71. The fraction of sp³-hybridized carbons (Fsp3) is 0.429. The summed E-state index contributed by atoms with van der Waals surface area (Å²) in [6, 6.07) is 3.06. The Bertz CT molecular complexity index is 602. The summed E-state index contributed by atoms with van der Waals surface area (Å²) in [6.45, 7) is 3.68. The summed E-state index contributed by atoms with van der Waals surface area (Å²) < 4.78 is 0. The van der Waals surface area contributed by atoms with Crippen molar-refractivity contribution in [2.24, 2.45) is 5.92 Å². The van der Waals surface area contributed by atoms with Gasteiger partial charge in [-0.2, -0.15) is 0 Å². The van der Waals surface area contributed by atoms with Crippen LogP contribution in [0, 0.1) is 29.9 Å². The quantitative estimate of drug-likeness (QED) is 0.653. The number of amides is 2. The first-order valence-corrected chi connectivity index (χ1v) is 6.71. The molecule has 112 valence electrons. The molecule has 1 saturated heterocycles. The Kier molecular flexibility index (Phi) is 4.21. The van der Waals surface area contributed by atoms with Gasteiger partial charge in [0.05, 0.1) is 10.8 Å². The van der Waals surface area contributed by atoms with Crippen molar-refractivity contribution >= 4 is 23.2 Å². The van der Waals surface area contributed by atoms with Crippen LogP contribution < -0.4 is 10.6 Å². The van der Waals surface area contributed by atoms with Gasteiger partial charge in [-0.05, 0) is 31.9 Å². The van der Waals surface area contributed by atoms with E-state index in [0.717, 1.165) is 0 Å². The van der Waals surface area contributed by atoms with Crippen LogP contribution in [0.4, 0.5) is 11.4 Å². The number of rotatable bonds is 3. The van der Waals surface area contributed by atoms with E-state index in [1.807, 2.05) is 0 Å². The summed E-state index contributed by atoms with van der Waals surface area (Å²) >= 11 is 0. The fourth-order valence-corrected chi connectivity index (χ4v) is 2.32. The molecule has 21 heavy (non-hydrogen) atoms. The van der Waals surface area contributed by atoms with Gasteiger partial charge in [0, 0.05) is 30.3 Å². The minimum absolute atomic E-state index is 0.0374. The van der Waals surface area contributed by atoms with Crippen LogP contribution in [0.3, 0.4) is 0 Å². The zero-order valence-corrected chi connectivity index (χ0v) is 11.9. The van der Waals surface area contributed by atoms with Crippen molar-refractivity contribution in [2.75, 3.05) is 11.9 Å². The number of anilines is 1. The lowest BCUT2D eigenvalue weighted by Gasteiger charge is -2.22. The summed E-state index contributed by atoms with van der Waals surface area (Å²) in [5.41, 5.74) is 1.74. The fourth-order valence-electron chi connectivity index (χ4n) is 2.32. The zero-order chi connectivity index (χ0) is 15.6. The SMILES string of the molecule is Cc1cc([N+](=O)[O-])c(C)cc1NC(=O)C1CCC(=O)NC1. The topological polar surface area (TPSA) is 101 Å². The predicted molar refractivity (Wildman–Crippen MR) is 76.9 cm³/mol. The molecule has 1 aromatic rings. The largest absolute Gasteiger partial charge is 0.355 e. The van der Waals surface area contributed by atoms with Gasteiger partial charge in [-0.1, -0.05) is 0 Å². The number of carbonyl (C=O) groups is 2. The molecular formula is C14H17N3O4. The molecule has 1 atom stereocenters. The second-order valence-electron chi connectivity index (χ2n) is 5.24. The number of hydrogen-bond donors (Lipinski definition) is 2. The van der Waals surface area contributed by atoms with E-state index in [1.54, 1.807) is 19.9 Å². The molecule has 1 heterocycles. The lowest BCUT2D eigenvalue weighted by molar-refractivity contribution is -0.385. The Morgan fingerprint density at radius 3 is 2.67 bits per heavy atom. The highest BCUT2D eigenvalue weighted by atomic mass is 16.6. The molecule has 7 nitrogen and oxygen atoms in total. The van der Waals surface area contributed by atoms with Gasteiger partial charge in [0.25, 0.3) is 5.69 Å². The summed E-state index contributed by atoms with van der Waals surface area (Å²) in [4.78, 5) is 33.7. The van der Waals surface area contributed by atoms with E-state index in [4.69, 9.17) is 0 Å². The standard InChI is InChI=1S/C14H17N3O4/c1-8-6-12(17(20)21)9(2)5-11(8)16-14(19)10-3-4-13(18)15-7-10/h5-6,10H,3-4,7H2,1-2H3,(H,15,18)(H,16,19). The van der Waals surface area contributed by atoms with E-state index < -0.39 is 4.92 Å². The summed E-state index contributed by atoms with van der Waals surface area (Å²) in [7, 11) is 0. The molecule has 1 aromatic carbocycles. The van der Waals surface area contributed by atoms with Crippen LogP contribution in [0.5, 0.6) is 0 Å². The number of nitro groups is 1. The molecule has 0 aliphatic carbocycles. The Labute approximate surface area is 121 Å². The molecule has 2 amide bonds. The summed E-state index contributed by atoms with van der Waals surface area (Å²) in [6.07, 6.45) is 0.860. The molecule has 1 aliphatic heterocycles. The maximum Gasteiger partial charge on any atom is 0.272 e. The third-order valence-corrected chi connectivity index (χ3v) is 3.63. The molecule has 0 aromatic heterocycles. The minimum Gasteiger partial charge on any atom is -0.355 e. The van der Waals surface area contributed by atoms with E-state index in [0.29, 0.717) is 36.2 Å². The molecule has 1 aliphatic rings. The Morgan fingerprint density at radius 2 is 2.10 bits per heavy atom. The van der Waals surface area contributed by atoms with Gasteiger partial charge in [-0.15, -0.1) is 0 Å². The van der Waals surface area contributed by atoms with Crippen molar-refractivity contribution in [3.63, 3.8) is 0 Å². The van der Waals surface area contributed by atoms with Crippen LogP contribution in [0.25, 0.3) is 0 Å². The predicted octanol–water partition coefficient (Wildman–Crippen LogP) is 1.68. The number of carbonyl (C=O) groups excluding carboxylic acids is 2. The summed E-state index contributed by atoms with van der Waals surface area (Å²) in [5, 5.41) is 16.3. The number of piperidine rings is 1. The number of hydrogen-bond acceptors (Lipinski definition) is 4. The molecule has 7 heteroatoms. The average molecular weight is 291 g/mol. The molecule has 2 N–H and O–H groups in total. The van der Waals surface area contributed by atoms with Crippen LogP contribution in [-0.2, 0) is 9.59 Å². The Hall–Kier alpha value is -2.44. The molecule has 1 unspecified atom stereocenters. The molecule has 2 rings (SSSR count). The van der Waals surface area contributed by atoms with Crippen molar-refractivity contribution < 1.29 is 14.5 Å². The van der Waals surface area contributed by atoms with Crippen LogP contribution >= 0.6 is 0 Å². The van der Waals surface area contributed by atoms with Crippen LogP contribution in [0.1, 0.15) is 24.0 Å². The van der Waals surface area contributed by atoms with Gasteiger partial charge in [-0.25, -0.2) is 0 Å². The van der Waals surface area contributed by atoms with E-state index in [1.165, 1.54) is 6.07 Å². The van der Waals surface area contributed by atoms with Gasteiger partial charge in [0.1, 0.15) is 0 Å². The van der Waals surface area contributed by atoms with Gasteiger partial charge in [0.15, 0.2) is 0 Å². The van der Waals surface area contributed by atoms with Crippen LogP contribution in [0.2, 0.25) is 0 Å². The minimum atomic E-state index is -0.440. The van der Waals surface area contributed by atoms with Crippen molar-refractivity contribution in [3.8, 4) is 0 Å². The third kappa shape index (κ3) is 3.36.